The van der Waals surface area contributed by atoms with E-state index in [-0.39, 0.29) is 23.8 Å². The van der Waals surface area contributed by atoms with Crippen LogP contribution in [0.15, 0.2) is 29.4 Å². The number of nitrogens with zero attached hydrogens (tertiary/aromatic N) is 5. The van der Waals surface area contributed by atoms with E-state index in [9.17, 15) is 9.59 Å². The molecule has 31 heavy (non-hydrogen) atoms. The smallest absolute Gasteiger partial charge is 0.251 e. The average molecular weight is 445 g/mol. The van der Waals surface area contributed by atoms with Gasteiger partial charge in [-0.1, -0.05) is 43.3 Å². The van der Waals surface area contributed by atoms with Crippen molar-refractivity contribution >= 4 is 23.6 Å². The third-order valence-electron chi connectivity index (χ3n) is 5.56. The van der Waals surface area contributed by atoms with Gasteiger partial charge in [-0.05, 0) is 32.0 Å². The predicted octanol–water partition coefficient (Wildman–Crippen LogP) is 2.12. The second kappa shape index (κ2) is 10.3. The van der Waals surface area contributed by atoms with Gasteiger partial charge in [-0.2, -0.15) is 0 Å². The van der Waals surface area contributed by atoms with Gasteiger partial charge in [0.15, 0.2) is 11.0 Å². The molecule has 1 aliphatic rings. The molecule has 0 unspecified atom stereocenters. The number of carbonyl (C=O) groups excluding carboxylic acids is 2. The van der Waals surface area contributed by atoms with Crippen LogP contribution in [0.3, 0.4) is 0 Å². The Kier molecular flexibility index (Phi) is 7.72. The van der Waals surface area contributed by atoms with Crippen molar-refractivity contribution in [2.45, 2.75) is 32.0 Å². The maximum absolute atomic E-state index is 12.8. The first-order chi connectivity index (χ1) is 14.8. The van der Waals surface area contributed by atoms with E-state index >= 15 is 0 Å². The van der Waals surface area contributed by atoms with Crippen LogP contribution in [0, 0.1) is 12.8 Å². The lowest BCUT2D eigenvalue weighted by Crippen LogP contribution is -2.47. The molecule has 1 aromatic carbocycles. The molecule has 0 bridgehead atoms. The zero-order valence-corrected chi connectivity index (χ0v) is 19.8. The van der Waals surface area contributed by atoms with Crippen molar-refractivity contribution in [3.63, 3.8) is 0 Å². The number of hydrogen-bond acceptors (Lipinski definition) is 6. The van der Waals surface area contributed by atoms with Crippen molar-refractivity contribution in [2.75, 3.05) is 39.0 Å². The summed E-state index contributed by atoms with van der Waals surface area (Å²) in [5.41, 5.74) is 1.66. The molecular formula is C22H32N6O2S. The summed E-state index contributed by atoms with van der Waals surface area (Å²) in [6, 6.07) is 7.24. The number of rotatable bonds is 7. The second-order valence-electron chi connectivity index (χ2n) is 8.44. The van der Waals surface area contributed by atoms with E-state index in [0.29, 0.717) is 22.3 Å². The fourth-order valence-electron chi connectivity index (χ4n) is 3.54. The van der Waals surface area contributed by atoms with Crippen LogP contribution in [0.4, 0.5) is 0 Å². The van der Waals surface area contributed by atoms with Gasteiger partial charge >= 0.3 is 0 Å². The van der Waals surface area contributed by atoms with Crippen LogP contribution in [0.5, 0.6) is 0 Å². The highest BCUT2D eigenvalue weighted by atomic mass is 32.2. The summed E-state index contributed by atoms with van der Waals surface area (Å²) in [6.45, 7) is 9.38. The Hall–Kier alpha value is -2.39. The Morgan fingerprint density at radius 2 is 1.84 bits per heavy atom. The van der Waals surface area contributed by atoms with Gasteiger partial charge in [-0.15, -0.1) is 10.2 Å². The van der Waals surface area contributed by atoms with Crippen molar-refractivity contribution < 1.29 is 9.59 Å². The number of nitrogens with one attached hydrogen (secondary N) is 1. The minimum atomic E-state index is -0.284. The van der Waals surface area contributed by atoms with Gasteiger partial charge < -0.3 is 19.7 Å². The molecule has 1 atom stereocenters. The molecule has 2 aromatic rings. The summed E-state index contributed by atoms with van der Waals surface area (Å²) in [6.07, 6.45) is 0. The van der Waals surface area contributed by atoms with Crippen LogP contribution < -0.4 is 5.32 Å². The SMILES string of the molecule is Cc1cccc(C(=O)N[C@@H](c2nnc(SCC(=O)N3CCN(C)CC3)n2C)C(C)C)c1. The van der Waals surface area contributed by atoms with Crippen LogP contribution in [0.25, 0.3) is 0 Å². The molecule has 0 spiro atoms. The maximum atomic E-state index is 12.8. The number of thioether (sulfide) groups is 1. The van der Waals surface area contributed by atoms with E-state index < -0.39 is 0 Å². The van der Waals surface area contributed by atoms with Crippen molar-refractivity contribution in [3.05, 3.63) is 41.2 Å². The molecule has 1 aliphatic heterocycles. The van der Waals surface area contributed by atoms with E-state index in [4.69, 9.17) is 0 Å². The molecule has 1 N–H and O–H groups in total. The van der Waals surface area contributed by atoms with Crippen molar-refractivity contribution in [1.82, 2.24) is 29.9 Å². The lowest BCUT2D eigenvalue weighted by Gasteiger charge is -2.32. The summed E-state index contributed by atoms with van der Waals surface area (Å²) < 4.78 is 1.88. The first-order valence-electron chi connectivity index (χ1n) is 10.6. The van der Waals surface area contributed by atoms with Crippen LogP contribution in [-0.2, 0) is 11.8 Å². The fraction of sp³-hybridized carbons (Fsp3) is 0.545. The van der Waals surface area contributed by atoms with Gasteiger partial charge in [0.25, 0.3) is 5.91 Å². The summed E-state index contributed by atoms with van der Waals surface area (Å²) in [4.78, 5) is 29.5. The Balaban J connectivity index is 1.66. The number of amides is 2. The van der Waals surface area contributed by atoms with Crippen LogP contribution >= 0.6 is 11.8 Å². The fourth-order valence-corrected chi connectivity index (χ4v) is 4.36. The molecule has 0 aliphatic carbocycles. The van der Waals surface area contributed by atoms with Crippen molar-refractivity contribution in [2.24, 2.45) is 13.0 Å². The van der Waals surface area contributed by atoms with Crippen molar-refractivity contribution in [3.8, 4) is 0 Å². The average Bonchev–Trinajstić information content (AvgIpc) is 3.10. The van der Waals surface area contributed by atoms with Crippen LogP contribution in [-0.4, -0.2) is 75.4 Å². The number of benzene rings is 1. The van der Waals surface area contributed by atoms with Crippen LogP contribution in [0.2, 0.25) is 0 Å². The number of hydrogen-bond donors (Lipinski definition) is 1. The minimum Gasteiger partial charge on any atom is -0.342 e. The molecule has 168 valence electrons. The number of carbonyl (C=O) groups is 2. The first-order valence-corrected chi connectivity index (χ1v) is 11.6. The highest BCUT2D eigenvalue weighted by Crippen LogP contribution is 2.25. The normalized spacial score (nSPS) is 15.9. The molecule has 1 aromatic heterocycles. The zero-order valence-electron chi connectivity index (χ0n) is 19.0. The molecule has 2 heterocycles. The molecular weight excluding hydrogens is 412 g/mol. The standard InChI is InChI=1S/C22H32N6O2S/c1-15(2)19(23-21(30)17-8-6-7-16(3)13-17)20-24-25-22(27(20)5)31-14-18(29)28-11-9-26(4)10-12-28/h6-8,13,15,19H,9-12,14H2,1-5H3,(H,23,30)/t19-/m1/s1. The second-order valence-corrected chi connectivity index (χ2v) is 9.38. The van der Waals surface area contributed by atoms with E-state index in [1.165, 1.54) is 11.8 Å². The molecule has 8 nitrogen and oxygen atoms in total. The Morgan fingerprint density at radius 3 is 2.48 bits per heavy atom. The Bertz CT molecular complexity index is 920. The van der Waals surface area contributed by atoms with Gasteiger partial charge in [-0.25, -0.2) is 0 Å². The molecule has 3 rings (SSSR count). The molecule has 9 heteroatoms. The lowest BCUT2D eigenvalue weighted by molar-refractivity contribution is -0.129. The highest BCUT2D eigenvalue weighted by molar-refractivity contribution is 7.99. The Morgan fingerprint density at radius 1 is 1.13 bits per heavy atom. The third kappa shape index (κ3) is 5.86. The van der Waals surface area contributed by atoms with E-state index in [1.807, 2.05) is 61.6 Å². The predicted molar refractivity (Wildman–Crippen MR) is 122 cm³/mol. The topological polar surface area (TPSA) is 83.4 Å². The molecule has 0 radical (unpaired) electrons. The third-order valence-corrected chi connectivity index (χ3v) is 6.57. The first kappa shape index (κ1) is 23.3. The maximum Gasteiger partial charge on any atom is 0.251 e. The van der Waals surface area contributed by atoms with E-state index in [2.05, 4.69) is 27.5 Å². The number of likely N-dealkylation sites (N-methyl/N-ethyl adjacent to an activating group) is 1. The van der Waals surface area contributed by atoms with E-state index in [0.717, 1.165) is 31.7 Å². The molecule has 0 saturated carbocycles. The summed E-state index contributed by atoms with van der Waals surface area (Å²) in [5.74, 6) is 1.13. The van der Waals surface area contributed by atoms with Crippen molar-refractivity contribution in [1.29, 1.82) is 0 Å². The quantitative estimate of drug-likeness (QED) is 0.659. The minimum absolute atomic E-state index is 0.121. The number of aromatic nitrogens is 3. The van der Waals surface area contributed by atoms with Gasteiger partial charge in [0.1, 0.15) is 0 Å². The van der Waals surface area contributed by atoms with Gasteiger partial charge in [0, 0.05) is 38.8 Å². The number of aryl methyl sites for hydroxylation is 1. The lowest BCUT2D eigenvalue weighted by atomic mass is 10.0. The van der Waals surface area contributed by atoms with E-state index in [1.54, 1.807) is 0 Å². The zero-order chi connectivity index (χ0) is 22.5. The summed E-state index contributed by atoms with van der Waals surface area (Å²) >= 11 is 1.39. The summed E-state index contributed by atoms with van der Waals surface area (Å²) in [5, 5.41) is 12.4. The van der Waals surface area contributed by atoms with Gasteiger partial charge in [0.2, 0.25) is 5.91 Å². The Labute approximate surface area is 188 Å². The largest absolute Gasteiger partial charge is 0.342 e. The molecule has 2 amide bonds. The molecule has 1 fully saturated rings. The van der Waals surface area contributed by atoms with Gasteiger partial charge in [0.05, 0.1) is 11.8 Å². The summed E-state index contributed by atoms with van der Waals surface area (Å²) in [7, 11) is 3.95. The monoisotopic (exact) mass is 444 g/mol. The molecule has 1 saturated heterocycles. The highest BCUT2D eigenvalue weighted by Gasteiger charge is 2.26. The van der Waals surface area contributed by atoms with Gasteiger partial charge in [-0.3, -0.25) is 9.59 Å². The number of piperazine rings is 1. The van der Waals surface area contributed by atoms with Crippen LogP contribution in [0.1, 0.15) is 41.6 Å².